The van der Waals surface area contributed by atoms with E-state index < -0.39 is 11.5 Å². The molecule has 74 valence electrons. The first kappa shape index (κ1) is 10.2. The number of aliphatic carboxylic acids is 1. The van der Waals surface area contributed by atoms with Gasteiger partial charge >= 0.3 is 0 Å². The van der Waals surface area contributed by atoms with Crippen molar-refractivity contribution in [3.63, 3.8) is 0 Å². The zero-order valence-corrected chi connectivity index (χ0v) is 7.95. The quantitative estimate of drug-likeness (QED) is 0.543. The molecular formula is C9H15N2O2-. The number of hydrogen-bond acceptors (Lipinski definition) is 4. The van der Waals surface area contributed by atoms with Crippen LogP contribution in [0.15, 0.2) is 4.99 Å². The number of likely N-dealkylation sites (tertiary alicyclic amines) is 1. The van der Waals surface area contributed by atoms with Gasteiger partial charge in [-0.05, 0) is 26.6 Å². The number of nitrogens with zero attached hydrogens (tertiary/aromatic N) is 2. The number of aliphatic imine (C=N–C) groups is 1. The van der Waals surface area contributed by atoms with Gasteiger partial charge in [-0.15, -0.1) is 0 Å². The van der Waals surface area contributed by atoms with Gasteiger partial charge in [0.2, 0.25) is 0 Å². The Kier molecular flexibility index (Phi) is 3.03. The van der Waals surface area contributed by atoms with E-state index >= 15 is 0 Å². The lowest BCUT2D eigenvalue weighted by Gasteiger charge is -2.37. The average molecular weight is 183 g/mol. The number of carboxylic acids is 1. The highest BCUT2D eigenvalue weighted by molar-refractivity contribution is 5.66. The lowest BCUT2D eigenvalue weighted by molar-refractivity contribution is -0.307. The van der Waals surface area contributed by atoms with Crippen LogP contribution >= 0.6 is 0 Å². The molecular weight excluding hydrogens is 168 g/mol. The summed E-state index contributed by atoms with van der Waals surface area (Å²) < 4.78 is 0. The third kappa shape index (κ3) is 2.52. The van der Waals surface area contributed by atoms with Crippen LogP contribution in [0.25, 0.3) is 0 Å². The molecule has 0 spiro atoms. The van der Waals surface area contributed by atoms with Crippen LogP contribution < -0.4 is 5.11 Å². The van der Waals surface area contributed by atoms with Crippen molar-refractivity contribution in [2.75, 3.05) is 20.1 Å². The highest BCUT2D eigenvalue weighted by Crippen LogP contribution is 2.28. The second-order valence-electron chi connectivity index (χ2n) is 3.73. The summed E-state index contributed by atoms with van der Waals surface area (Å²) in [7, 11) is 2.02. The molecule has 0 amide bonds. The highest BCUT2D eigenvalue weighted by atomic mass is 16.4. The van der Waals surface area contributed by atoms with E-state index in [2.05, 4.69) is 16.6 Å². The fourth-order valence-corrected chi connectivity index (χ4v) is 1.69. The molecule has 0 N–H and O–H groups in total. The monoisotopic (exact) mass is 183 g/mol. The van der Waals surface area contributed by atoms with Crippen molar-refractivity contribution in [3.05, 3.63) is 0 Å². The normalized spacial score (nSPS) is 22.5. The summed E-state index contributed by atoms with van der Waals surface area (Å²) in [5.74, 6) is -1.03. The van der Waals surface area contributed by atoms with Crippen LogP contribution in [0.2, 0.25) is 0 Å². The van der Waals surface area contributed by atoms with Gasteiger partial charge in [0.1, 0.15) is 0 Å². The Labute approximate surface area is 78.3 Å². The van der Waals surface area contributed by atoms with Gasteiger partial charge in [0, 0.05) is 25.5 Å². The predicted octanol–water partition coefficient (Wildman–Crippen LogP) is -0.709. The zero-order chi connectivity index (χ0) is 9.90. The molecule has 0 unspecified atom stereocenters. The summed E-state index contributed by atoms with van der Waals surface area (Å²) in [5, 5.41) is 10.5. The Hall–Kier alpha value is -0.900. The van der Waals surface area contributed by atoms with Gasteiger partial charge in [-0.2, -0.15) is 0 Å². The third-order valence-electron chi connectivity index (χ3n) is 2.73. The molecule has 1 heterocycles. The summed E-state index contributed by atoms with van der Waals surface area (Å²) in [5.41, 5.74) is -0.467. The van der Waals surface area contributed by atoms with Gasteiger partial charge < -0.3 is 14.8 Å². The molecule has 1 aliphatic heterocycles. The molecule has 0 aromatic carbocycles. The lowest BCUT2D eigenvalue weighted by atomic mass is 9.85. The molecule has 0 aromatic heterocycles. The molecule has 0 bridgehead atoms. The van der Waals surface area contributed by atoms with Crippen LogP contribution in [0.5, 0.6) is 0 Å². The first-order valence-electron chi connectivity index (χ1n) is 4.44. The number of carbonyl (C=O) groups excluding carboxylic acids is 1. The summed E-state index contributed by atoms with van der Waals surface area (Å²) in [4.78, 5) is 16.6. The molecule has 0 atom stereocenters. The van der Waals surface area contributed by atoms with Gasteiger partial charge in [-0.1, -0.05) is 0 Å². The Bertz CT molecular complexity index is 208. The first-order valence-corrected chi connectivity index (χ1v) is 4.44. The van der Waals surface area contributed by atoms with E-state index in [0.717, 1.165) is 25.9 Å². The zero-order valence-electron chi connectivity index (χ0n) is 7.95. The first-order chi connectivity index (χ1) is 6.08. The third-order valence-corrected chi connectivity index (χ3v) is 2.73. The molecule has 0 aromatic rings. The minimum Gasteiger partial charge on any atom is -0.550 e. The van der Waals surface area contributed by atoms with Crippen LogP contribution in [0.4, 0.5) is 0 Å². The summed E-state index contributed by atoms with van der Waals surface area (Å²) >= 11 is 0. The number of carboxylic acid groups (broad SMARTS) is 1. The largest absolute Gasteiger partial charge is 0.550 e. The average Bonchev–Trinajstić information content (AvgIpc) is 2.09. The second-order valence-corrected chi connectivity index (χ2v) is 3.73. The minimum atomic E-state index is -1.03. The van der Waals surface area contributed by atoms with Crippen LogP contribution in [0.3, 0.4) is 0 Å². The lowest BCUT2D eigenvalue weighted by Crippen LogP contribution is -2.45. The summed E-state index contributed by atoms with van der Waals surface area (Å²) in [6, 6.07) is 0. The maximum absolute atomic E-state index is 10.5. The Morgan fingerprint density at radius 2 is 2.15 bits per heavy atom. The topological polar surface area (TPSA) is 55.7 Å². The van der Waals surface area contributed by atoms with E-state index in [1.165, 1.54) is 0 Å². The number of piperidine rings is 1. The van der Waals surface area contributed by atoms with E-state index in [4.69, 9.17) is 0 Å². The molecule has 1 rings (SSSR count). The summed E-state index contributed by atoms with van der Waals surface area (Å²) in [6.07, 6.45) is 1.53. The van der Waals surface area contributed by atoms with E-state index in [1.807, 2.05) is 7.05 Å². The van der Waals surface area contributed by atoms with Crippen molar-refractivity contribution in [2.45, 2.75) is 24.8 Å². The maximum Gasteiger partial charge on any atom is 0.0677 e. The van der Waals surface area contributed by atoms with Crippen LogP contribution in [-0.4, -0.2) is 43.3 Å². The van der Waals surface area contributed by atoms with E-state index in [9.17, 15) is 9.90 Å². The predicted molar refractivity (Wildman–Crippen MR) is 48.6 cm³/mol. The van der Waals surface area contributed by atoms with Crippen molar-refractivity contribution in [2.24, 2.45) is 4.99 Å². The van der Waals surface area contributed by atoms with Crippen molar-refractivity contribution in [1.29, 1.82) is 0 Å². The molecule has 13 heavy (non-hydrogen) atoms. The van der Waals surface area contributed by atoms with Gasteiger partial charge in [-0.3, -0.25) is 4.99 Å². The molecule has 1 aliphatic rings. The van der Waals surface area contributed by atoms with Gasteiger partial charge in [0.25, 0.3) is 0 Å². The van der Waals surface area contributed by atoms with Crippen molar-refractivity contribution < 1.29 is 9.90 Å². The number of carbonyl (C=O) groups is 1. The fourth-order valence-electron chi connectivity index (χ4n) is 1.69. The molecule has 0 saturated carbocycles. The molecule has 0 aliphatic carbocycles. The van der Waals surface area contributed by atoms with E-state index in [1.54, 1.807) is 0 Å². The van der Waals surface area contributed by atoms with E-state index in [0.29, 0.717) is 0 Å². The van der Waals surface area contributed by atoms with Crippen molar-refractivity contribution in [3.8, 4) is 0 Å². The minimum absolute atomic E-state index is 0.00431. The van der Waals surface area contributed by atoms with Crippen molar-refractivity contribution >= 4 is 12.7 Å². The molecule has 1 fully saturated rings. The van der Waals surface area contributed by atoms with Crippen LogP contribution in [0.1, 0.15) is 19.3 Å². The van der Waals surface area contributed by atoms with Gasteiger partial charge in [0.15, 0.2) is 0 Å². The molecule has 1 saturated heterocycles. The standard InChI is InChI=1S/C9H16N2O2/c1-10-9(7-8(12)13)3-5-11(2)6-4-9/h1,3-7H2,2H3,(H,12,13)/p-1. The molecule has 0 radical (unpaired) electrons. The highest BCUT2D eigenvalue weighted by Gasteiger charge is 2.32. The number of rotatable bonds is 3. The van der Waals surface area contributed by atoms with Crippen LogP contribution in [-0.2, 0) is 4.79 Å². The maximum atomic E-state index is 10.5. The fraction of sp³-hybridized carbons (Fsp3) is 0.778. The SMILES string of the molecule is C=NC1(CC(=O)[O-])CCN(C)CC1. The van der Waals surface area contributed by atoms with Crippen molar-refractivity contribution in [1.82, 2.24) is 4.90 Å². The Balaban J connectivity index is 2.60. The summed E-state index contributed by atoms with van der Waals surface area (Å²) in [6.45, 7) is 5.24. The molecule has 4 nitrogen and oxygen atoms in total. The Morgan fingerprint density at radius 3 is 2.54 bits per heavy atom. The Morgan fingerprint density at radius 1 is 1.62 bits per heavy atom. The van der Waals surface area contributed by atoms with Crippen LogP contribution in [0, 0.1) is 0 Å². The van der Waals surface area contributed by atoms with Gasteiger partial charge in [0.05, 0.1) is 5.54 Å². The van der Waals surface area contributed by atoms with Gasteiger partial charge in [-0.25, -0.2) is 0 Å². The second kappa shape index (κ2) is 3.87. The smallest absolute Gasteiger partial charge is 0.0677 e. The van der Waals surface area contributed by atoms with E-state index in [-0.39, 0.29) is 6.42 Å². The number of hydrogen-bond donors (Lipinski definition) is 0. The molecule has 4 heteroatoms.